The van der Waals surface area contributed by atoms with E-state index in [0.29, 0.717) is 22.0 Å². The van der Waals surface area contributed by atoms with Gasteiger partial charge in [0.2, 0.25) is 5.91 Å². The van der Waals surface area contributed by atoms with Gasteiger partial charge >= 0.3 is 0 Å². The summed E-state index contributed by atoms with van der Waals surface area (Å²) in [5.41, 5.74) is 2.38. The van der Waals surface area contributed by atoms with Crippen LogP contribution in [0.2, 0.25) is 5.02 Å². The van der Waals surface area contributed by atoms with Crippen molar-refractivity contribution < 1.29 is 9.32 Å². The van der Waals surface area contributed by atoms with Crippen molar-refractivity contribution in [2.45, 2.75) is 13.0 Å². The first-order valence-corrected chi connectivity index (χ1v) is 9.05. The van der Waals surface area contributed by atoms with E-state index in [1.807, 2.05) is 36.4 Å². The molecular weight excluding hydrogens is 378 g/mol. The molecule has 2 aromatic heterocycles. The Balaban J connectivity index is 1.41. The first-order chi connectivity index (χ1) is 13.6. The number of fused-ring (bicyclic) bond motifs is 1. The maximum atomic E-state index is 12.2. The SMILES string of the molecule is O=C(Cc1cc(-c2ccc(Cl)cc2)on1)NCc1cc2ccccc2[nH]c1=O. The van der Waals surface area contributed by atoms with Crippen LogP contribution < -0.4 is 10.9 Å². The predicted molar refractivity (Wildman–Crippen MR) is 107 cm³/mol. The molecule has 4 rings (SSSR count). The van der Waals surface area contributed by atoms with Gasteiger partial charge in [-0.15, -0.1) is 0 Å². The third kappa shape index (κ3) is 3.97. The lowest BCUT2D eigenvalue weighted by molar-refractivity contribution is -0.120. The Morgan fingerprint density at radius 3 is 2.71 bits per heavy atom. The van der Waals surface area contributed by atoms with Crippen LogP contribution in [0.3, 0.4) is 0 Å². The van der Waals surface area contributed by atoms with E-state index < -0.39 is 0 Å². The second kappa shape index (κ2) is 7.70. The Labute approximate surface area is 165 Å². The minimum atomic E-state index is -0.247. The maximum absolute atomic E-state index is 12.2. The van der Waals surface area contributed by atoms with E-state index in [2.05, 4.69) is 15.5 Å². The lowest BCUT2D eigenvalue weighted by atomic mass is 10.1. The molecule has 6 nitrogen and oxygen atoms in total. The van der Waals surface area contributed by atoms with Crippen LogP contribution in [0.1, 0.15) is 11.3 Å². The van der Waals surface area contributed by atoms with Gasteiger partial charge < -0.3 is 14.8 Å². The zero-order valence-electron chi connectivity index (χ0n) is 14.7. The molecule has 2 heterocycles. The highest BCUT2D eigenvalue weighted by atomic mass is 35.5. The van der Waals surface area contributed by atoms with E-state index in [-0.39, 0.29) is 24.4 Å². The molecule has 0 spiro atoms. The van der Waals surface area contributed by atoms with Crippen LogP contribution in [-0.2, 0) is 17.8 Å². The zero-order valence-corrected chi connectivity index (χ0v) is 15.5. The van der Waals surface area contributed by atoms with E-state index in [4.69, 9.17) is 16.1 Å². The monoisotopic (exact) mass is 393 g/mol. The fraction of sp³-hybridized carbons (Fsp3) is 0.0952. The topological polar surface area (TPSA) is 88.0 Å². The molecular formula is C21H16ClN3O3. The fourth-order valence-corrected chi connectivity index (χ4v) is 3.02. The van der Waals surface area contributed by atoms with Gasteiger partial charge in [0.15, 0.2) is 5.76 Å². The summed E-state index contributed by atoms with van der Waals surface area (Å²) in [4.78, 5) is 27.2. The lowest BCUT2D eigenvalue weighted by Gasteiger charge is -2.05. The standard InChI is InChI=1S/C21H16ClN3O3/c22-16-7-5-13(6-8-16)19-10-17(25-28-19)11-20(26)23-12-15-9-14-3-1-2-4-18(14)24-21(15)27/h1-10H,11-12H2,(H,23,26)(H,24,27). The summed E-state index contributed by atoms with van der Waals surface area (Å²) in [6.45, 7) is 0.140. The van der Waals surface area contributed by atoms with Gasteiger partial charge in [-0.2, -0.15) is 0 Å². The van der Waals surface area contributed by atoms with Gasteiger partial charge in [-0.3, -0.25) is 9.59 Å². The molecule has 7 heteroatoms. The number of pyridine rings is 1. The number of halogens is 1. The molecule has 2 N–H and O–H groups in total. The van der Waals surface area contributed by atoms with Gasteiger partial charge in [0.05, 0.1) is 12.1 Å². The van der Waals surface area contributed by atoms with E-state index in [1.54, 1.807) is 24.3 Å². The van der Waals surface area contributed by atoms with Gasteiger partial charge in [-0.25, -0.2) is 0 Å². The molecule has 0 aliphatic carbocycles. The molecule has 4 aromatic rings. The first kappa shape index (κ1) is 18.0. The van der Waals surface area contributed by atoms with Gasteiger partial charge in [0.1, 0.15) is 0 Å². The highest BCUT2D eigenvalue weighted by molar-refractivity contribution is 6.30. The molecule has 0 unspecified atom stereocenters. The fourth-order valence-electron chi connectivity index (χ4n) is 2.89. The first-order valence-electron chi connectivity index (χ1n) is 8.68. The second-order valence-electron chi connectivity index (χ2n) is 6.35. The Hall–Kier alpha value is -3.38. The van der Waals surface area contributed by atoms with Crippen LogP contribution in [0.25, 0.3) is 22.2 Å². The number of hydrogen-bond acceptors (Lipinski definition) is 4. The minimum Gasteiger partial charge on any atom is -0.356 e. The van der Waals surface area contributed by atoms with Crippen LogP contribution in [0.15, 0.2) is 70.0 Å². The van der Waals surface area contributed by atoms with E-state index in [0.717, 1.165) is 16.5 Å². The van der Waals surface area contributed by atoms with Gasteiger partial charge in [-0.1, -0.05) is 35.0 Å². The number of H-pyrrole nitrogens is 1. The largest absolute Gasteiger partial charge is 0.356 e. The second-order valence-corrected chi connectivity index (χ2v) is 6.79. The summed E-state index contributed by atoms with van der Waals surface area (Å²) in [5.74, 6) is 0.314. The molecule has 0 aliphatic heterocycles. The number of aromatic nitrogens is 2. The van der Waals surface area contributed by atoms with Crippen molar-refractivity contribution in [1.29, 1.82) is 0 Å². The van der Waals surface area contributed by atoms with Gasteiger partial charge in [0.25, 0.3) is 5.56 Å². The number of amides is 1. The molecule has 0 atom stereocenters. The average molecular weight is 394 g/mol. The third-order valence-electron chi connectivity index (χ3n) is 4.34. The van der Waals surface area contributed by atoms with Crippen molar-refractivity contribution >= 4 is 28.4 Å². The van der Waals surface area contributed by atoms with Crippen LogP contribution in [-0.4, -0.2) is 16.0 Å². The van der Waals surface area contributed by atoms with Crippen molar-refractivity contribution in [3.8, 4) is 11.3 Å². The summed E-state index contributed by atoms with van der Waals surface area (Å²) in [5, 5.41) is 8.23. The Kier molecular flexibility index (Phi) is 4.95. The van der Waals surface area contributed by atoms with E-state index in [9.17, 15) is 9.59 Å². The van der Waals surface area contributed by atoms with Crippen LogP contribution in [0.5, 0.6) is 0 Å². The number of carbonyl (C=O) groups is 1. The van der Waals surface area contributed by atoms with E-state index in [1.165, 1.54) is 0 Å². The molecule has 1 amide bonds. The molecule has 0 bridgehead atoms. The van der Waals surface area contributed by atoms with Crippen molar-refractivity contribution in [1.82, 2.24) is 15.5 Å². The number of carbonyl (C=O) groups excluding carboxylic acids is 1. The number of hydrogen-bond donors (Lipinski definition) is 2. The van der Waals surface area contributed by atoms with Crippen molar-refractivity contribution in [2.75, 3.05) is 0 Å². The number of rotatable bonds is 5. The van der Waals surface area contributed by atoms with E-state index >= 15 is 0 Å². The van der Waals surface area contributed by atoms with Crippen molar-refractivity contribution in [3.63, 3.8) is 0 Å². The number of nitrogens with zero attached hydrogens (tertiary/aromatic N) is 1. The van der Waals surface area contributed by atoms with Gasteiger partial charge in [-0.05, 0) is 41.8 Å². The Morgan fingerprint density at radius 2 is 1.89 bits per heavy atom. The van der Waals surface area contributed by atoms with Gasteiger partial charge in [0, 0.05) is 34.3 Å². The lowest BCUT2D eigenvalue weighted by Crippen LogP contribution is -2.28. The van der Waals surface area contributed by atoms with Crippen LogP contribution >= 0.6 is 11.6 Å². The number of para-hydroxylation sites is 1. The predicted octanol–water partition coefficient (Wildman–Crippen LogP) is 3.70. The van der Waals surface area contributed by atoms with Crippen LogP contribution in [0.4, 0.5) is 0 Å². The smallest absolute Gasteiger partial charge is 0.253 e. The normalized spacial score (nSPS) is 10.9. The molecule has 0 radical (unpaired) electrons. The molecule has 2 aromatic carbocycles. The van der Waals surface area contributed by atoms with Crippen LogP contribution in [0, 0.1) is 0 Å². The summed E-state index contributed by atoms with van der Waals surface area (Å²) in [6.07, 6.45) is 0.0581. The number of benzene rings is 2. The zero-order chi connectivity index (χ0) is 19.5. The Morgan fingerprint density at radius 1 is 1.11 bits per heavy atom. The third-order valence-corrected chi connectivity index (χ3v) is 4.59. The molecule has 0 saturated carbocycles. The minimum absolute atomic E-state index is 0.0581. The molecule has 0 fully saturated rings. The summed E-state index contributed by atoms with van der Waals surface area (Å²) in [7, 11) is 0. The van der Waals surface area contributed by atoms with Crippen molar-refractivity contribution in [2.24, 2.45) is 0 Å². The molecule has 140 valence electrons. The quantitative estimate of drug-likeness (QED) is 0.541. The molecule has 0 saturated heterocycles. The number of nitrogens with one attached hydrogen (secondary N) is 2. The summed E-state index contributed by atoms with van der Waals surface area (Å²) >= 11 is 5.88. The Bertz CT molecular complexity index is 1200. The average Bonchev–Trinajstić information content (AvgIpc) is 3.15. The molecule has 28 heavy (non-hydrogen) atoms. The molecule has 0 aliphatic rings. The summed E-state index contributed by atoms with van der Waals surface area (Å²) in [6, 6.07) is 18.1. The highest BCUT2D eigenvalue weighted by Gasteiger charge is 2.11. The highest BCUT2D eigenvalue weighted by Crippen LogP contribution is 2.22. The maximum Gasteiger partial charge on any atom is 0.253 e. The van der Waals surface area contributed by atoms with Crippen molar-refractivity contribution in [3.05, 3.63) is 87.3 Å². The number of aromatic amines is 1. The summed E-state index contributed by atoms with van der Waals surface area (Å²) < 4.78 is 5.29.